The zero-order valence-electron chi connectivity index (χ0n) is 15.4. The first-order chi connectivity index (χ1) is 12.5. The standard InChI is InChI=1S/C20H29NO5/c1-2-26-17-6-5-15(9-16(17)12-22)11-21-8-7-18(23)20(13-21,19(24)25)10-14-3-4-14/h5-6,9,14,18,22-23H,2-4,7-8,10-13H2,1H3,(H,24,25)/t18-,20+/m0/s1. The maximum atomic E-state index is 12.0. The van der Waals surface area contributed by atoms with Gasteiger partial charge in [0.2, 0.25) is 0 Å². The predicted octanol–water partition coefficient (Wildman–Crippen LogP) is 2.02. The lowest BCUT2D eigenvalue weighted by Crippen LogP contribution is -2.55. The molecule has 1 aromatic carbocycles. The van der Waals surface area contributed by atoms with E-state index in [1.807, 2.05) is 25.1 Å². The maximum Gasteiger partial charge on any atom is 0.313 e. The number of aliphatic hydroxyl groups is 2. The SMILES string of the molecule is CCOc1ccc(CN2CC[C@H](O)[C@](CC3CC3)(C(=O)O)C2)cc1CO. The van der Waals surface area contributed by atoms with Crippen molar-refractivity contribution >= 4 is 5.97 Å². The van der Waals surface area contributed by atoms with E-state index in [1.165, 1.54) is 0 Å². The maximum absolute atomic E-state index is 12.0. The van der Waals surface area contributed by atoms with Gasteiger partial charge in [0.25, 0.3) is 0 Å². The lowest BCUT2D eigenvalue weighted by atomic mass is 9.73. The Kier molecular flexibility index (Phi) is 5.85. The van der Waals surface area contributed by atoms with Crippen LogP contribution in [-0.2, 0) is 17.9 Å². The molecule has 0 aromatic heterocycles. The van der Waals surface area contributed by atoms with Gasteiger partial charge in [-0.25, -0.2) is 0 Å². The summed E-state index contributed by atoms with van der Waals surface area (Å²) in [4.78, 5) is 14.1. The van der Waals surface area contributed by atoms with E-state index < -0.39 is 17.5 Å². The first kappa shape index (κ1) is 19.1. The number of carboxylic acid groups (broad SMARTS) is 1. The van der Waals surface area contributed by atoms with Gasteiger partial charge >= 0.3 is 5.97 Å². The average Bonchev–Trinajstić information content (AvgIpc) is 3.43. The molecular formula is C20H29NO5. The molecule has 0 amide bonds. The second-order valence-electron chi connectivity index (χ2n) is 7.66. The fourth-order valence-electron chi connectivity index (χ4n) is 4.04. The molecule has 6 heteroatoms. The highest BCUT2D eigenvalue weighted by molar-refractivity contribution is 5.76. The van der Waals surface area contributed by atoms with Crippen LogP contribution < -0.4 is 4.74 Å². The van der Waals surface area contributed by atoms with Crippen molar-refractivity contribution in [1.82, 2.24) is 4.90 Å². The van der Waals surface area contributed by atoms with E-state index in [2.05, 4.69) is 4.90 Å². The fraction of sp³-hybridized carbons (Fsp3) is 0.650. The third-order valence-electron chi connectivity index (χ3n) is 5.64. The predicted molar refractivity (Wildman–Crippen MR) is 96.8 cm³/mol. The minimum atomic E-state index is -1.06. The smallest absolute Gasteiger partial charge is 0.313 e. The molecule has 1 heterocycles. The lowest BCUT2D eigenvalue weighted by molar-refractivity contribution is -0.165. The summed E-state index contributed by atoms with van der Waals surface area (Å²) in [5, 5.41) is 29.9. The molecule has 1 aromatic rings. The Labute approximate surface area is 154 Å². The number of ether oxygens (including phenoxy) is 1. The van der Waals surface area contributed by atoms with Crippen molar-refractivity contribution in [3.63, 3.8) is 0 Å². The zero-order chi connectivity index (χ0) is 18.7. The summed E-state index contributed by atoms with van der Waals surface area (Å²) in [5.74, 6) is 0.234. The molecule has 0 spiro atoms. The third-order valence-corrected chi connectivity index (χ3v) is 5.64. The van der Waals surface area contributed by atoms with Gasteiger partial charge in [-0.3, -0.25) is 9.69 Å². The second-order valence-corrected chi connectivity index (χ2v) is 7.66. The van der Waals surface area contributed by atoms with Crippen molar-refractivity contribution < 1.29 is 24.9 Å². The van der Waals surface area contributed by atoms with E-state index in [1.54, 1.807) is 0 Å². The van der Waals surface area contributed by atoms with Gasteiger partial charge in [-0.15, -0.1) is 0 Å². The normalized spacial score (nSPS) is 26.7. The molecule has 3 N–H and O–H groups in total. The number of rotatable bonds is 8. The van der Waals surface area contributed by atoms with Crippen molar-refractivity contribution in [2.45, 2.75) is 51.9 Å². The summed E-state index contributed by atoms with van der Waals surface area (Å²) in [6, 6.07) is 5.73. The number of hydrogen-bond donors (Lipinski definition) is 3. The van der Waals surface area contributed by atoms with E-state index in [0.29, 0.717) is 50.8 Å². The molecule has 2 atom stereocenters. The molecule has 1 aliphatic carbocycles. The molecular weight excluding hydrogens is 334 g/mol. The summed E-state index contributed by atoms with van der Waals surface area (Å²) >= 11 is 0. The molecule has 1 aliphatic heterocycles. The van der Waals surface area contributed by atoms with Gasteiger partial charge < -0.3 is 20.1 Å². The summed E-state index contributed by atoms with van der Waals surface area (Å²) in [7, 11) is 0. The molecule has 0 bridgehead atoms. The summed E-state index contributed by atoms with van der Waals surface area (Å²) in [6.07, 6.45) is 2.39. The quantitative estimate of drug-likeness (QED) is 0.655. The minimum Gasteiger partial charge on any atom is -0.494 e. The Morgan fingerprint density at radius 2 is 2.12 bits per heavy atom. The minimum absolute atomic E-state index is 0.0946. The van der Waals surface area contributed by atoms with Crippen LogP contribution in [0.15, 0.2) is 18.2 Å². The Morgan fingerprint density at radius 3 is 2.73 bits per heavy atom. The highest BCUT2D eigenvalue weighted by Gasteiger charge is 2.51. The van der Waals surface area contributed by atoms with E-state index in [-0.39, 0.29) is 6.61 Å². The highest BCUT2D eigenvalue weighted by Crippen LogP contribution is 2.45. The Balaban J connectivity index is 1.74. The van der Waals surface area contributed by atoms with Crippen LogP contribution in [0, 0.1) is 11.3 Å². The molecule has 144 valence electrons. The largest absolute Gasteiger partial charge is 0.494 e. The molecule has 2 aliphatic rings. The van der Waals surface area contributed by atoms with Crippen molar-refractivity contribution in [2.75, 3.05) is 19.7 Å². The first-order valence-electron chi connectivity index (χ1n) is 9.47. The van der Waals surface area contributed by atoms with Gasteiger partial charge in [0, 0.05) is 25.2 Å². The summed E-state index contributed by atoms with van der Waals surface area (Å²) in [6.45, 7) is 3.98. The molecule has 0 unspecified atom stereocenters. The third kappa shape index (κ3) is 4.03. The van der Waals surface area contributed by atoms with Gasteiger partial charge in [0.1, 0.15) is 11.2 Å². The van der Waals surface area contributed by atoms with Gasteiger partial charge in [-0.1, -0.05) is 18.9 Å². The highest BCUT2D eigenvalue weighted by atomic mass is 16.5. The van der Waals surface area contributed by atoms with Crippen LogP contribution in [0.2, 0.25) is 0 Å². The van der Waals surface area contributed by atoms with Crippen molar-refractivity contribution in [3.05, 3.63) is 29.3 Å². The number of nitrogens with zero attached hydrogens (tertiary/aromatic N) is 1. The molecule has 26 heavy (non-hydrogen) atoms. The van der Waals surface area contributed by atoms with Gasteiger partial charge in [0.15, 0.2) is 0 Å². The van der Waals surface area contributed by atoms with E-state index in [0.717, 1.165) is 24.0 Å². The lowest BCUT2D eigenvalue weighted by Gasteiger charge is -2.43. The van der Waals surface area contributed by atoms with Gasteiger partial charge in [-0.2, -0.15) is 0 Å². The molecule has 3 rings (SSSR count). The molecule has 2 fully saturated rings. The van der Waals surface area contributed by atoms with Crippen LogP contribution in [0.25, 0.3) is 0 Å². The van der Waals surface area contributed by atoms with Crippen molar-refractivity contribution in [1.29, 1.82) is 0 Å². The summed E-state index contributed by atoms with van der Waals surface area (Å²) < 4.78 is 5.52. The number of benzene rings is 1. The molecule has 0 radical (unpaired) electrons. The van der Waals surface area contributed by atoms with Crippen LogP contribution >= 0.6 is 0 Å². The van der Waals surface area contributed by atoms with Crippen LogP contribution in [0.5, 0.6) is 5.75 Å². The number of aliphatic carboxylic acids is 1. The monoisotopic (exact) mass is 363 g/mol. The second kappa shape index (κ2) is 7.94. The van der Waals surface area contributed by atoms with Gasteiger partial charge in [0.05, 0.1) is 19.3 Å². The van der Waals surface area contributed by atoms with Crippen LogP contribution in [0.4, 0.5) is 0 Å². The average molecular weight is 363 g/mol. The fourth-order valence-corrected chi connectivity index (χ4v) is 4.04. The Morgan fingerprint density at radius 1 is 1.35 bits per heavy atom. The number of aliphatic hydroxyl groups excluding tert-OH is 2. The molecule has 1 saturated carbocycles. The number of likely N-dealkylation sites (tertiary alicyclic amines) is 1. The number of carboxylic acids is 1. The van der Waals surface area contributed by atoms with Crippen LogP contribution in [0.1, 0.15) is 43.7 Å². The Bertz CT molecular complexity index is 645. The Hall–Kier alpha value is -1.63. The van der Waals surface area contributed by atoms with E-state index in [4.69, 9.17) is 4.74 Å². The van der Waals surface area contributed by atoms with E-state index >= 15 is 0 Å². The zero-order valence-corrected chi connectivity index (χ0v) is 15.4. The first-order valence-corrected chi connectivity index (χ1v) is 9.47. The van der Waals surface area contributed by atoms with Crippen LogP contribution in [-0.4, -0.2) is 52.0 Å². The van der Waals surface area contributed by atoms with Crippen molar-refractivity contribution in [3.8, 4) is 5.75 Å². The van der Waals surface area contributed by atoms with Crippen LogP contribution in [0.3, 0.4) is 0 Å². The number of hydrogen-bond acceptors (Lipinski definition) is 5. The topological polar surface area (TPSA) is 90.2 Å². The van der Waals surface area contributed by atoms with E-state index in [9.17, 15) is 20.1 Å². The van der Waals surface area contributed by atoms with Gasteiger partial charge in [-0.05, 0) is 43.4 Å². The molecule has 6 nitrogen and oxygen atoms in total. The number of carbonyl (C=O) groups is 1. The van der Waals surface area contributed by atoms with Crippen molar-refractivity contribution in [2.24, 2.45) is 11.3 Å². The molecule has 1 saturated heterocycles. The number of piperidine rings is 1. The summed E-state index contributed by atoms with van der Waals surface area (Å²) in [5.41, 5.74) is 0.688.